The summed E-state index contributed by atoms with van der Waals surface area (Å²) < 4.78 is 1.67. The van der Waals surface area contributed by atoms with E-state index in [0.29, 0.717) is 23.6 Å². The zero-order valence-corrected chi connectivity index (χ0v) is 13.4. The maximum Gasteiger partial charge on any atom is 0.271 e. The van der Waals surface area contributed by atoms with Gasteiger partial charge < -0.3 is 16.0 Å². The van der Waals surface area contributed by atoms with Crippen LogP contribution in [0, 0.1) is 6.92 Å². The Kier molecular flexibility index (Phi) is 5.22. The van der Waals surface area contributed by atoms with Crippen molar-refractivity contribution < 1.29 is 4.79 Å². The van der Waals surface area contributed by atoms with Crippen LogP contribution in [0.5, 0.6) is 0 Å². The first-order valence-electron chi connectivity index (χ1n) is 7.89. The van der Waals surface area contributed by atoms with Crippen molar-refractivity contribution in [2.45, 2.75) is 52.6 Å². The van der Waals surface area contributed by atoms with Crippen molar-refractivity contribution in [1.82, 2.24) is 20.0 Å². The third kappa shape index (κ3) is 3.75. The van der Waals surface area contributed by atoms with E-state index in [4.69, 9.17) is 5.73 Å². The van der Waals surface area contributed by atoms with Crippen molar-refractivity contribution in [2.75, 3.05) is 25.4 Å². The number of carbonyl (C=O) groups excluding carboxylic acids is 1. The molecule has 1 aromatic rings. The molecule has 1 aliphatic heterocycles. The summed E-state index contributed by atoms with van der Waals surface area (Å²) in [5, 5.41) is 7.34. The van der Waals surface area contributed by atoms with Gasteiger partial charge in [0.1, 0.15) is 5.69 Å². The number of nitrogens with two attached hydrogens (primary N) is 1. The average Bonchev–Trinajstić information content (AvgIpc) is 2.75. The number of aromatic nitrogens is 2. The molecule has 6 heteroatoms. The molecular weight excluding hydrogens is 266 g/mol. The Morgan fingerprint density at radius 2 is 2.05 bits per heavy atom. The molecule has 0 radical (unpaired) electrons. The molecule has 0 spiro atoms. The van der Waals surface area contributed by atoms with Crippen LogP contribution in [0.2, 0.25) is 0 Å². The number of anilines is 1. The fourth-order valence-corrected chi connectivity index (χ4v) is 2.93. The van der Waals surface area contributed by atoms with E-state index in [0.717, 1.165) is 19.6 Å². The highest BCUT2D eigenvalue weighted by Gasteiger charge is 2.21. The summed E-state index contributed by atoms with van der Waals surface area (Å²) >= 11 is 0. The smallest absolute Gasteiger partial charge is 0.271 e. The van der Waals surface area contributed by atoms with Gasteiger partial charge in [0.25, 0.3) is 5.91 Å². The highest BCUT2D eigenvalue weighted by Crippen LogP contribution is 2.16. The molecule has 1 amide bonds. The molecule has 1 unspecified atom stereocenters. The van der Waals surface area contributed by atoms with E-state index in [2.05, 4.69) is 15.3 Å². The Balaban J connectivity index is 1.97. The molecule has 1 atom stereocenters. The van der Waals surface area contributed by atoms with Crippen LogP contribution in [-0.2, 0) is 6.54 Å². The van der Waals surface area contributed by atoms with Crippen LogP contribution in [0.1, 0.15) is 49.3 Å². The minimum absolute atomic E-state index is 0.107. The summed E-state index contributed by atoms with van der Waals surface area (Å²) in [4.78, 5) is 14.9. The molecule has 118 valence electrons. The van der Waals surface area contributed by atoms with Gasteiger partial charge in [-0.2, -0.15) is 5.10 Å². The SMILES string of the molecule is CCn1nc(C)c(N)c1C(=O)NC(C)CN1CCCCC1. The van der Waals surface area contributed by atoms with Gasteiger partial charge in [0.2, 0.25) is 0 Å². The van der Waals surface area contributed by atoms with E-state index in [-0.39, 0.29) is 11.9 Å². The zero-order chi connectivity index (χ0) is 15.4. The molecule has 0 bridgehead atoms. The molecule has 6 nitrogen and oxygen atoms in total. The number of hydrogen-bond acceptors (Lipinski definition) is 4. The van der Waals surface area contributed by atoms with E-state index in [9.17, 15) is 4.79 Å². The summed E-state index contributed by atoms with van der Waals surface area (Å²) in [7, 11) is 0. The number of aryl methyl sites for hydroxylation is 2. The molecule has 1 fully saturated rings. The van der Waals surface area contributed by atoms with Crippen molar-refractivity contribution in [2.24, 2.45) is 0 Å². The van der Waals surface area contributed by atoms with Crippen LogP contribution >= 0.6 is 0 Å². The molecule has 1 aromatic heterocycles. The number of amides is 1. The normalized spacial score (nSPS) is 17.7. The molecule has 2 rings (SSSR count). The monoisotopic (exact) mass is 293 g/mol. The molecule has 0 saturated carbocycles. The van der Waals surface area contributed by atoms with Crippen LogP contribution in [0.15, 0.2) is 0 Å². The molecule has 1 aliphatic rings. The minimum atomic E-state index is -0.126. The van der Waals surface area contributed by atoms with Crippen LogP contribution in [0.4, 0.5) is 5.69 Å². The van der Waals surface area contributed by atoms with Gasteiger partial charge in [-0.15, -0.1) is 0 Å². The maximum atomic E-state index is 12.4. The van der Waals surface area contributed by atoms with Crippen molar-refractivity contribution in [3.05, 3.63) is 11.4 Å². The van der Waals surface area contributed by atoms with Crippen molar-refractivity contribution in [3.8, 4) is 0 Å². The van der Waals surface area contributed by atoms with Gasteiger partial charge >= 0.3 is 0 Å². The Morgan fingerprint density at radius 1 is 1.38 bits per heavy atom. The van der Waals surface area contributed by atoms with Crippen LogP contribution in [0.25, 0.3) is 0 Å². The molecule has 0 aliphatic carbocycles. The summed E-state index contributed by atoms with van der Waals surface area (Å²) in [6, 6.07) is 0.107. The average molecular weight is 293 g/mol. The van der Waals surface area contributed by atoms with Crippen LogP contribution < -0.4 is 11.1 Å². The van der Waals surface area contributed by atoms with Crippen LogP contribution in [-0.4, -0.2) is 46.3 Å². The summed E-state index contributed by atoms with van der Waals surface area (Å²) in [5.41, 5.74) is 7.67. The quantitative estimate of drug-likeness (QED) is 0.860. The summed E-state index contributed by atoms with van der Waals surface area (Å²) in [6.07, 6.45) is 3.84. The largest absolute Gasteiger partial charge is 0.395 e. The second kappa shape index (κ2) is 6.93. The number of piperidine rings is 1. The summed E-state index contributed by atoms with van der Waals surface area (Å²) in [5.74, 6) is -0.126. The Hall–Kier alpha value is -1.56. The van der Waals surface area contributed by atoms with Gasteiger partial charge in [-0.25, -0.2) is 0 Å². The van der Waals surface area contributed by atoms with E-state index in [1.807, 2.05) is 20.8 Å². The van der Waals surface area contributed by atoms with Gasteiger partial charge in [-0.1, -0.05) is 6.42 Å². The van der Waals surface area contributed by atoms with Gasteiger partial charge in [0, 0.05) is 19.1 Å². The number of rotatable bonds is 5. The second-order valence-electron chi connectivity index (χ2n) is 5.90. The molecule has 2 heterocycles. The third-order valence-corrected chi connectivity index (χ3v) is 4.05. The second-order valence-corrected chi connectivity index (χ2v) is 5.90. The maximum absolute atomic E-state index is 12.4. The van der Waals surface area contributed by atoms with Gasteiger partial charge in [0.05, 0.1) is 11.4 Å². The lowest BCUT2D eigenvalue weighted by atomic mass is 10.1. The number of likely N-dealkylation sites (tertiary alicyclic amines) is 1. The predicted octanol–water partition coefficient (Wildman–Crippen LogP) is 1.40. The predicted molar refractivity (Wildman–Crippen MR) is 84.3 cm³/mol. The third-order valence-electron chi connectivity index (χ3n) is 4.05. The fraction of sp³-hybridized carbons (Fsp3) is 0.733. The van der Waals surface area contributed by atoms with Crippen molar-refractivity contribution in [1.29, 1.82) is 0 Å². The first-order chi connectivity index (χ1) is 10.0. The number of nitrogen functional groups attached to an aromatic ring is 1. The number of nitrogens with zero attached hydrogens (tertiary/aromatic N) is 3. The Morgan fingerprint density at radius 3 is 2.67 bits per heavy atom. The van der Waals surface area contributed by atoms with Gasteiger partial charge in [0.15, 0.2) is 0 Å². The number of hydrogen-bond donors (Lipinski definition) is 2. The van der Waals surface area contributed by atoms with E-state index < -0.39 is 0 Å². The minimum Gasteiger partial charge on any atom is -0.395 e. The zero-order valence-electron chi connectivity index (χ0n) is 13.4. The van der Waals surface area contributed by atoms with Gasteiger partial charge in [-0.3, -0.25) is 9.48 Å². The Bertz CT molecular complexity index is 490. The van der Waals surface area contributed by atoms with Crippen molar-refractivity contribution >= 4 is 11.6 Å². The molecule has 21 heavy (non-hydrogen) atoms. The highest BCUT2D eigenvalue weighted by molar-refractivity contribution is 5.98. The fourth-order valence-electron chi connectivity index (χ4n) is 2.93. The lowest BCUT2D eigenvalue weighted by molar-refractivity contribution is 0.0916. The number of nitrogens with one attached hydrogen (secondary N) is 1. The topological polar surface area (TPSA) is 76.2 Å². The van der Waals surface area contributed by atoms with E-state index >= 15 is 0 Å². The van der Waals surface area contributed by atoms with Gasteiger partial charge in [-0.05, 0) is 46.7 Å². The first-order valence-corrected chi connectivity index (χ1v) is 7.89. The highest BCUT2D eigenvalue weighted by atomic mass is 16.2. The first kappa shape index (κ1) is 15.8. The standard InChI is InChI=1S/C15H27N5O/c1-4-20-14(13(16)12(3)18-20)15(21)17-11(2)10-19-8-6-5-7-9-19/h11H,4-10,16H2,1-3H3,(H,17,21). The molecule has 0 aromatic carbocycles. The lowest BCUT2D eigenvalue weighted by Gasteiger charge is -2.29. The molecule has 3 N–H and O–H groups in total. The van der Waals surface area contributed by atoms with E-state index in [1.54, 1.807) is 4.68 Å². The van der Waals surface area contributed by atoms with Crippen LogP contribution in [0.3, 0.4) is 0 Å². The number of carbonyl (C=O) groups is 1. The van der Waals surface area contributed by atoms with Crippen molar-refractivity contribution in [3.63, 3.8) is 0 Å². The van der Waals surface area contributed by atoms with E-state index in [1.165, 1.54) is 19.3 Å². The summed E-state index contributed by atoms with van der Waals surface area (Å²) in [6.45, 7) is 9.63. The Labute approximate surface area is 126 Å². The lowest BCUT2D eigenvalue weighted by Crippen LogP contribution is -2.44. The molecule has 1 saturated heterocycles. The molecular formula is C15H27N5O.